The van der Waals surface area contributed by atoms with Crippen LogP contribution in [0, 0.1) is 0 Å². The zero-order valence-corrected chi connectivity index (χ0v) is 13.6. The number of ether oxygens (including phenoxy) is 2. The predicted octanol–water partition coefficient (Wildman–Crippen LogP) is 3.75. The largest absolute Gasteiger partial charge is 0.490 e. The Hall–Kier alpha value is -2.73. The van der Waals surface area contributed by atoms with Crippen LogP contribution in [0.25, 0.3) is 22.4 Å². The number of hydrogen-bond donors (Lipinski definition) is 2. The molecule has 0 radical (unpaired) electrons. The third-order valence-corrected chi connectivity index (χ3v) is 3.64. The monoisotopic (exact) mass is 346 g/mol. The van der Waals surface area contributed by atoms with Crippen LogP contribution < -0.4 is 9.47 Å². The molecule has 7 heteroatoms. The summed E-state index contributed by atoms with van der Waals surface area (Å²) in [6, 6.07) is 10.9. The fourth-order valence-electron chi connectivity index (χ4n) is 2.32. The maximum absolute atomic E-state index is 10.7. The van der Waals surface area contributed by atoms with E-state index in [0.717, 1.165) is 11.0 Å². The third kappa shape index (κ3) is 3.28. The van der Waals surface area contributed by atoms with E-state index >= 15 is 0 Å². The van der Waals surface area contributed by atoms with E-state index in [-0.39, 0.29) is 5.75 Å². The van der Waals surface area contributed by atoms with Gasteiger partial charge in [-0.15, -0.1) is 0 Å². The van der Waals surface area contributed by atoms with Crippen LogP contribution in [0.2, 0.25) is 5.02 Å². The lowest BCUT2D eigenvalue weighted by Crippen LogP contribution is -2.10. The molecule has 2 N–H and O–H groups in total. The summed E-state index contributed by atoms with van der Waals surface area (Å²) in [5.74, 6) is 0.226. The molecule has 3 aromatic rings. The predicted molar refractivity (Wildman–Crippen MR) is 90.8 cm³/mol. The molecule has 0 saturated heterocycles. The summed E-state index contributed by atoms with van der Waals surface area (Å²) in [7, 11) is 0. The van der Waals surface area contributed by atoms with Crippen LogP contribution in [0.15, 0.2) is 36.4 Å². The Balaban J connectivity index is 2.04. The Morgan fingerprint density at radius 3 is 2.71 bits per heavy atom. The molecule has 0 amide bonds. The quantitative estimate of drug-likeness (QED) is 0.710. The molecule has 0 unspecified atom stereocenters. The van der Waals surface area contributed by atoms with E-state index in [1.807, 2.05) is 31.2 Å². The Bertz CT molecular complexity index is 858. The molecule has 0 spiro atoms. The van der Waals surface area contributed by atoms with Gasteiger partial charge in [-0.3, -0.25) is 0 Å². The number of aromatic amines is 1. The number of nitrogens with one attached hydrogen (secondary N) is 1. The minimum Gasteiger partial charge on any atom is -0.490 e. The van der Waals surface area contributed by atoms with Gasteiger partial charge in [0.25, 0.3) is 0 Å². The summed E-state index contributed by atoms with van der Waals surface area (Å²) in [4.78, 5) is 18.4. The molecule has 6 nitrogen and oxygen atoms in total. The number of carboxylic acids is 1. The van der Waals surface area contributed by atoms with Gasteiger partial charge in [0.15, 0.2) is 18.1 Å². The first-order chi connectivity index (χ1) is 11.6. The average molecular weight is 347 g/mol. The molecule has 1 aromatic heterocycles. The molecule has 124 valence electrons. The highest BCUT2D eigenvalue weighted by Crippen LogP contribution is 2.38. The molecule has 2 aromatic carbocycles. The van der Waals surface area contributed by atoms with Crippen molar-refractivity contribution >= 4 is 28.6 Å². The van der Waals surface area contributed by atoms with E-state index in [1.165, 1.54) is 6.07 Å². The number of rotatable bonds is 6. The first kappa shape index (κ1) is 16.1. The van der Waals surface area contributed by atoms with E-state index < -0.39 is 12.6 Å². The van der Waals surface area contributed by atoms with Crippen LogP contribution >= 0.6 is 11.6 Å². The fourth-order valence-corrected chi connectivity index (χ4v) is 2.56. The first-order valence-electron chi connectivity index (χ1n) is 7.34. The van der Waals surface area contributed by atoms with Crippen molar-refractivity contribution < 1.29 is 19.4 Å². The van der Waals surface area contributed by atoms with Crippen LogP contribution in [0.5, 0.6) is 11.5 Å². The van der Waals surface area contributed by atoms with Crippen molar-refractivity contribution in [1.29, 1.82) is 0 Å². The van der Waals surface area contributed by atoms with E-state index in [9.17, 15) is 4.79 Å². The third-order valence-electron chi connectivity index (χ3n) is 3.33. The van der Waals surface area contributed by atoms with Gasteiger partial charge in [0.2, 0.25) is 0 Å². The van der Waals surface area contributed by atoms with Crippen molar-refractivity contribution in [2.45, 2.75) is 6.92 Å². The summed E-state index contributed by atoms with van der Waals surface area (Å²) >= 11 is 6.34. The van der Waals surface area contributed by atoms with Gasteiger partial charge in [0.05, 0.1) is 22.7 Å². The maximum atomic E-state index is 10.7. The van der Waals surface area contributed by atoms with Gasteiger partial charge in [0, 0.05) is 11.6 Å². The Morgan fingerprint density at radius 1 is 1.25 bits per heavy atom. The molecule has 0 bridgehead atoms. The lowest BCUT2D eigenvalue weighted by molar-refractivity contribution is -0.139. The molecule has 0 saturated carbocycles. The van der Waals surface area contributed by atoms with Gasteiger partial charge < -0.3 is 19.6 Å². The first-order valence-corrected chi connectivity index (χ1v) is 7.72. The zero-order valence-electron chi connectivity index (χ0n) is 12.9. The average Bonchev–Trinajstić information content (AvgIpc) is 2.98. The van der Waals surface area contributed by atoms with E-state index in [0.29, 0.717) is 28.8 Å². The van der Waals surface area contributed by atoms with Gasteiger partial charge in [0.1, 0.15) is 5.82 Å². The topological polar surface area (TPSA) is 84.4 Å². The van der Waals surface area contributed by atoms with Crippen LogP contribution in [-0.4, -0.2) is 34.3 Å². The number of fused-ring (bicyclic) bond motifs is 1. The van der Waals surface area contributed by atoms with Crippen molar-refractivity contribution in [3.05, 3.63) is 41.4 Å². The molecular formula is C17H15ClN2O4. The van der Waals surface area contributed by atoms with Gasteiger partial charge in [-0.2, -0.15) is 0 Å². The van der Waals surface area contributed by atoms with Crippen LogP contribution in [0.4, 0.5) is 0 Å². The number of carbonyl (C=O) groups is 1. The summed E-state index contributed by atoms with van der Waals surface area (Å²) in [6.45, 7) is 1.77. The van der Waals surface area contributed by atoms with Gasteiger partial charge in [-0.1, -0.05) is 23.7 Å². The number of imidazole rings is 1. The number of aliphatic carboxylic acids is 1. The lowest BCUT2D eigenvalue weighted by atomic mass is 10.2. The molecule has 24 heavy (non-hydrogen) atoms. The Morgan fingerprint density at radius 2 is 2.00 bits per heavy atom. The number of para-hydroxylation sites is 2. The molecule has 3 rings (SSSR count). The number of benzene rings is 2. The molecule has 0 atom stereocenters. The maximum Gasteiger partial charge on any atom is 0.341 e. The second kappa shape index (κ2) is 6.80. The Kier molecular flexibility index (Phi) is 4.57. The van der Waals surface area contributed by atoms with Crippen molar-refractivity contribution in [2.24, 2.45) is 0 Å². The van der Waals surface area contributed by atoms with Crippen LogP contribution in [0.1, 0.15) is 6.92 Å². The molecule has 0 aliphatic rings. The van der Waals surface area contributed by atoms with Gasteiger partial charge >= 0.3 is 5.97 Å². The van der Waals surface area contributed by atoms with E-state index in [4.69, 9.17) is 26.2 Å². The van der Waals surface area contributed by atoms with Crippen LogP contribution in [0.3, 0.4) is 0 Å². The zero-order chi connectivity index (χ0) is 17.1. The number of nitrogens with zero attached hydrogens (tertiary/aromatic N) is 1. The Labute approximate surface area is 143 Å². The number of hydrogen-bond acceptors (Lipinski definition) is 4. The minimum absolute atomic E-state index is 0.282. The fraction of sp³-hybridized carbons (Fsp3) is 0.176. The molecule has 0 aliphatic heterocycles. The van der Waals surface area contributed by atoms with Crippen molar-refractivity contribution in [2.75, 3.05) is 13.2 Å². The number of H-pyrrole nitrogens is 1. The van der Waals surface area contributed by atoms with E-state index in [1.54, 1.807) is 6.07 Å². The summed E-state index contributed by atoms with van der Waals surface area (Å²) < 4.78 is 10.8. The number of halogens is 1. The normalized spacial score (nSPS) is 10.8. The number of carboxylic acid groups (broad SMARTS) is 1. The van der Waals surface area contributed by atoms with Crippen molar-refractivity contribution in [3.8, 4) is 22.9 Å². The standard InChI is InChI=1S/C17H15ClN2O4/c1-2-23-14-7-10(11(18)8-15(14)24-9-16(21)22)17-19-12-5-3-4-6-13(12)20-17/h3-8H,2,9H2,1H3,(H,19,20)(H,21,22). The molecule has 0 fully saturated rings. The number of aromatic nitrogens is 2. The molecule has 0 aliphatic carbocycles. The van der Waals surface area contributed by atoms with Crippen molar-refractivity contribution in [1.82, 2.24) is 9.97 Å². The second-order valence-corrected chi connectivity index (χ2v) is 5.40. The molecular weight excluding hydrogens is 332 g/mol. The smallest absolute Gasteiger partial charge is 0.341 e. The SMILES string of the molecule is CCOc1cc(-c2nc3ccccc3[nH]2)c(Cl)cc1OCC(=O)O. The lowest BCUT2D eigenvalue weighted by Gasteiger charge is -2.13. The second-order valence-electron chi connectivity index (χ2n) is 5.00. The highest BCUT2D eigenvalue weighted by atomic mass is 35.5. The van der Waals surface area contributed by atoms with Crippen LogP contribution in [-0.2, 0) is 4.79 Å². The minimum atomic E-state index is -1.07. The van der Waals surface area contributed by atoms with Gasteiger partial charge in [-0.05, 0) is 25.1 Å². The summed E-state index contributed by atoms with van der Waals surface area (Å²) in [6.07, 6.45) is 0. The summed E-state index contributed by atoms with van der Waals surface area (Å²) in [5.41, 5.74) is 2.37. The van der Waals surface area contributed by atoms with E-state index in [2.05, 4.69) is 9.97 Å². The highest BCUT2D eigenvalue weighted by Gasteiger charge is 2.16. The van der Waals surface area contributed by atoms with Crippen molar-refractivity contribution in [3.63, 3.8) is 0 Å². The highest BCUT2D eigenvalue weighted by molar-refractivity contribution is 6.33. The summed E-state index contributed by atoms with van der Waals surface area (Å²) in [5, 5.41) is 9.15. The molecule has 1 heterocycles. The van der Waals surface area contributed by atoms with Gasteiger partial charge in [-0.25, -0.2) is 9.78 Å².